The first-order valence-corrected chi connectivity index (χ1v) is 5.93. The number of hydrogen-bond donors (Lipinski definition) is 1. The van der Waals surface area contributed by atoms with Crippen molar-refractivity contribution in [3.63, 3.8) is 0 Å². The van der Waals surface area contributed by atoms with Gasteiger partial charge in [0.2, 0.25) is 0 Å². The standard InChI is InChI=1S/C7H10O3S2/c1-2-7(12(8,9)10)6-4-3-5-11-6/h3-5,7H,2H2,1H3,(H,8,9,10). The number of hydrogen-bond acceptors (Lipinski definition) is 3. The van der Waals surface area contributed by atoms with Crippen molar-refractivity contribution in [2.24, 2.45) is 0 Å². The Bertz CT molecular complexity index is 326. The van der Waals surface area contributed by atoms with Crippen molar-refractivity contribution in [1.82, 2.24) is 0 Å². The fourth-order valence-corrected chi connectivity index (χ4v) is 3.15. The first kappa shape index (κ1) is 9.70. The molecule has 0 fully saturated rings. The van der Waals surface area contributed by atoms with Crippen LogP contribution < -0.4 is 0 Å². The summed E-state index contributed by atoms with van der Waals surface area (Å²) in [6, 6.07) is 3.49. The second-order valence-electron chi connectivity index (χ2n) is 2.43. The van der Waals surface area contributed by atoms with Gasteiger partial charge in [-0.25, -0.2) is 0 Å². The molecule has 0 bridgehead atoms. The topological polar surface area (TPSA) is 54.4 Å². The van der Waals surface area contributed by atoms with Crippen molar-refractivity contribution >= 4 is 21.5 Å². The van der Waals surface area contributed by atoms with Crippen LogP contribution in [-0.4, -0.2) is 13.0 Å². The second kappa shape index (κ2) is 3.55. The molecule has 0 aliphatic rings. The highest BCUT2D eigenvalue weighted by atomic mass is 32.2. The Morgan fingerprint density at radius 2 is 2.33 bits per heavy atom. The van der Waals surface area contributed by atoms with Crippen molar-refractivity contribution in [2.45, 2.75) is 18.6 Å². The van der Waals surface area contributed by atoms with Gasteiger partial charge in [-0.1, -0.05) is 13.0 Å². The van der Waals surface area contributed by atoms with E-state index < -0.39 is 15.4 Å². The minimum absolute atomic E-state index is 0.402. The minimum atomic E-state index is -3.93. The molecule has 5 heteroatoms. The Morgan fingerprint density at radius 3 is 2.67 bits per heavy atom. The van der Waals surface area contributed by atoms with Crippen LogP contribution in [0.3, 0.4) is 0 Å². The zero-order valence-corrected chi connectivity index (χ0v) is 8.23. The molecule has 1 N–H and O–H groups in total. The molecule has 0 aromatic carbocycles. The van der Waals surface area contributed by atoms with Gasteiger partial charge in [0.05, 0.1) is 0 Å². The van der Waals surface area contributed by atoms with E-state index in [4.69, 9.17) is 4.55 Å². The van der Waals surface area contributed by atoms with E-state index >= 15 is 0 Å². The SMILES string of the molecule is CCC(c1cccs1)S(=O)(=O)O. The van der Waals surface area contributed by atoms with Gasteiger partial charge in [0, 0.05) is 4.88 Å². The summed E-state index contributed by atoms with van der Waals surface area (Å²) < 4.78 is 30.5. The number of rotatable bonds is 3. The fourth-order valence-electron chi connectivity index (χ4n) is 1.03. The lowest BCUT2D eigenvalue weighted by Gasteiger charge is -2.07. The average Bonchev–Trinajstić information content (AvgIpc) is 2.38. The molecule has 3 nitrogen and oxygen atoms in total. The predicted octanol–water partition coefficient (Wildman–Crippen LogP) is 2.09. The molecule has 0 aliphatic heterocycles. The first-order chi connectivity index (χ1) is 5.55. The molecule has 0 radical (unpaired) electrons. The van der Waals surface area contributed by atoms with E-state index in [0.29, 0.717) is 11.3 Å². The van der Waals surface area contributed by atoms with Crippen molar-refractivity contribution in [1.29, 1.82) is 0 Å². The highest BCUT2D eigenvalue weighted by Gasteiger charge is 2.23. The van der Waals surface area contributed by atoms with Crippen LogP contribution in [0.5, 0.6) is 0 Å². The highest BCUT2D eigenvalue weighted by Crippen LogP contribution is 2.28. The van der Waals surface area contributed by atoms with Crippen LogP contribution in [0.25, 0.3) is 0 Å². The normalized spacial score (nSPS) is 14.5. The molecule has 1 aromatic rings. The number of thiophene rings is 1. The van der Waals surface area contributed by atoms with Crippen LogP contribution >= 0.6 is 11.3 Å². The largest absolute Gasteiger partial charge is 0.285 e. The van der Waals surface area contributed by atoms with Gasteiger partial charge in [0.25, 0.3) is 10.1 Å². The molecule has 0 saturated heterocycles. The van der Waals surface area contributed by atoms with Crippen molar-refractivity contribution in [2.75, 3.05) is 0 Å². The monoisotopic (exact) mass is 206 g/mol. The molecular weight excluding hydrogens is 196 g/mol. The summed E-state index contributed by atoms with van der Waals surface area (Å²) in [5.74, 6) is 0. The predicted molar refractivity (Wildman–Crippen MR) is 48.9 cm³/mol. The molecule has 0 amide bonds. The van der Waals surface area contributed by atoms with Crippen LogP contribution in [0.4, 0.5) is 0 Å². The van der Waals surface area contributed by atoms with Gasteiger partial charge < -0.3 is 0 Å². The third kappa shape index (κ3) is 2.06. The molecule has 1 unspecified atom stereocenters. The Balaban J connectivity index is 3.00. The van der Waals surface area contributed by atoms with E-state index in [9.17, 15) is 8.42 Å². The van der Waals surface area contributed by atoms with Gasteiger partial charge in [-0.2, -0.15) is 8.42 Å². The molecule has 0 aliphatic carbocycles. The third-order valence-electron chi connectivity index (χ3n) is 1.59. The summed E-state index contributed by atoms with van der Waals surface area (Å²) in [5, 5.41) is 1.04. The van der Waals surface area contributed by atoms with E-state index in [0.717, 1.165) is 0 Å². The molecule has 1 rings (SSSR count). The molecule has 0 spiro atoms. The zero-order valence-electron chi connectivity index (χ0n) is 6.60. The maximum absolute atomic E-state index is 10.8. The molecule has 0 saturated carbocycles. The lowest BCUT2D eigenvalue weighted by molar-refractivity contribution is 0.467. The van der Waals surface area contributed by atoms with Crippen molar-refractivity contribution in [3.8, 4) is 0 Å². The Labute approximate surface area is 75.8 Å². The van der Waals surface area contributed by atoms with Gasteiger partial charge in [-0.15, -0.1) is 11.3 Å². The fraction of sp³-hybridized carbons (Fsp3) is 0.429. The van der Waals surface area contributed by atoms with E-state index in [1.165, 1.54) is 11.3 Å². The van der Waals surface area contributed by atoms with Crippen LogP contribution in [0.2, 0.25) is 0 Å². The summed E-state index contributed by atoms with van der Waals surface area (Å²) in [6.45, 7) is 1.73. The molecule has 12 heavy (non-hydrogen) atoms. The van der Waals surface area contributed by atoms with Crippen molar-refractivity contribution < 1.29 is 13.0 Å². The van der Waals surface area contributed by atoms with Gasteiger partial charge in [0.1, 0.15) is 5.25 Å². The van der Waals surface area contributed by atoms with Crippen LogP contribution in [0.15, 0.2) is 17.5 Å². The zero-order chi connectivity index (χ0) is 9.19. The molecule has 1 aromatic heterocycles. The maximum atomic E-state index is 10.8. The van der Waals surface area contributed by atoms with Gasteiger partial charge in [0.15, 0.2) is 0 Å². The molecular formula is C7H10O3S2. The third-order valence-corrected chi connectivity index (χ3v) is 4.03. The van der Waals surface area contributed by atoms with E-state index in [2.05, 4.69) is 0 Å². The lowest BCUT2D eigenvalue weighted by Crippen LogP contribution is -2.09. The highest BCUT2D eigenvalue weighted by molar-refractivity contribution is 7.86. The Hall–Kier alpha value is -0.390. The van der Waals surface area contributed by atoms with E-state index in [1.54, 1.807) is 24.4 Å². The second-order valence-corrected chi connectivity index (χ2v) is 5.01. The molecule has 68 valence electrons. The van der Waals surface area contributed by atoms with Crippen LogP contribution in [0.1, 0.15) is 23.5 Å². The average molecular weight is 206 g/mol. The summed E-state index contributed by atoms with van der Waals surface area (Å²) in [5.41, 5.74) is 0. The Morgan fingerprint density at radius 1 is 1.67 bits per heavy atom. The quantitative estimate of drug-likeness (QED) is 0.770. The maximum Gasteiger partial charge on any atom is 0.272 e. The van der Waals surface area contributed by atoms with Crippen molar-refractivity contribution in [3.05, 3.63) is 22.4 Å². The molecule has 1 atom stereocenters. The summed E-state index contributed by atoms with van der Waals surface area (Å²) in [4.78, 5) is 0.694. The Kier molecular flexibility index (Phi) is 2.87. The first-order valence-electron chi connectivity index (χ1n) is 3.55. The summed E-state index contributed by atoms with van der Waals surface area (Å²) >= 11 is 1.34. The van der Waals surface area contributed by atoms with Gasteiger partial charge in [-0.3, -0.25) is 4.55 Å². The molecule has 1 heterocycles. The minimum Gasteiger partial charge on any atom is -0.285 e. The van der Waals surface area contributed by atoms with Gasteiger partial charge >= 0.3 is 0 Å². The lowest BCUT2D eigenvalue weighted by atomic mass is 10.3. The smallest absolute Gasteiger partial charge is 0.272 e. The van der Waals surface area contributed by atoms with E-state index in [-0.39, 0.29) is 0 Å². The van der Waals surface area contributed by atoms with E-state index in [1.807, 2.05) is 0 Å². The summed E-state index contributed by atoms with van der Waals surface area (Å²) in [6.07, 6.45) is 0.402. The van der Waals surface area contributed by atoms with Crippen LogP contribution in [-0.2, 0) is 10.1 Å². The van der Waals surface area contributed by atoms with Crippen LogP contribution in [0, 0.1) is 0 Å². The van der Waals surface area contributed by atoms with Gasteiger partial charge in [-0.05, 0) is 17.9 Å². The summed E-state index contributed by atoms with van der Waals surface area (Å²) in [7, 11) is -3.93.